The number of methoxy groups -OCH3 is 1. The number of rotatable bonds is 2. The molecule has 0 aliphatic heterocycles. The van der Waals surface area contributed by atoms with Gasteiger partial charge in [-0.05, 0) is 48.6 Å². The molecule has 88 valence electrons. The van der Waals surface area contributed by atoms with Crippen LogP contribution in [0.5, 0.6) is 5.75 Å². The average molecular weight is 248 g/mol. The number of pyridine rings is 1. The summed E-state index contributed by atoms with van der Waals surface area (Å²) in [5.74, 6) is 1.41. The fourth-order valence-corrected chi connectivity index (χ4v) is 2.92. The molecule has 1 aromatic heterocycles. The number of hydrogen-bond acceptors (Lipinski definition) is 2. The highest BCUT2D eigenvalue weighted by Crippen LogP contribution is 2.32. The molecule has 3 rings (SSSR count). The van der Waals surface area contributed by atoms with Crippen molar-refractivity contribution >= 4 is 22.5 Å². The van der Waals surface area contributed by atoms with Gasteiger partial charge < -0.3 is 4.74 Å². The van der Waals surface area contributed by atoms with Crippen molar-refractivity contribution in [2.24, 2.45) is 0 Å². The summed E-state index contributed by atoms with van der Waals surface area (Å²) >= 11 is 6.12. The van der Waals surface area contributed by atoms with E-state index in [0.29, 0.717) is 5.88 Å². The third kappa shape index (κ3) is 1.67. The molecule has 0 N–H and O–H groups in total. The van der Waals surface area contributed by atoms with Gasteiger partial charge in [-0.2, -0.15) is 0 Å². The second kappa shape index (κ2) is 4.19. The van der Waals surface area contributed by atoms with Crippen LogP contribution in [0.25, 0.3) is 10.9 Å². The maximum Gasteiger partial charge on any atom is 0.119 e. The van der Waals surface area contributed by atoms with Gasteiger partial charge >= 0.3 is 0 Å². The number of ether oxygens (including phenoxy) is 1. The molecule has 0 radical (unpaired) electrons. The zero-order valence-corrected chi connectivity index (χ0v) is 10.5. The maximum atomic E-state index is 6.12. The van der Waals surface area contributed by atoms with Crippen LogP contribution in [0, 0.1) is 0 Å². The summed E-state index contributed by atoms with van der Waals surface area (Å²) in [5, 5.41) is 1.14. The van der Waals surface area contributed by atoms with Crippen molar-refractivity contribution in [2.75, 3.05) is 7.11 Å². The van der Waals surface area contributed by atoms with E-state index in [0.717, 1.165) is 29.5 Å². The third-order valence-electron chi connectivity index (χ3n) is 3.47. The monoisotopic (exact) mass is 247 g/mol. The van der Waals surface area contributed by atoms with E-state index in [9.17, 15) is 0 Å². The standard InChI is InChI=1S/C14H14ClNO/c1-17-9-5-6-14-11(7-9)12(8-15)10-3-2-4-13(10)16-14/h5-7H,2-4,8H2,1H3. The van der Waals surface area contributed by atoms with E-state index in [-0.39, 0.29) is 0 Å². The van der Waals surface area contributed by atoms with Crippen LogP contribution in [0.1, 0.15) is 23.2 Å². The Morgan fingerprint density at radius 1 is 1.35 bits per heavy atom. The summed E-state index contributed by atoms with van der Waals surface area (Å²) in [6.45, 7) is 0. The van der Waals surface area contributed by atoms with Crippen molar-refractivity contribution in [1.29, 1.82) is 0 Å². The van der Waals surface area contributed by atoms with Crippen LogP contribution >= 0.6 is 11.6 Å². The third-order valence-corrected chi connectivity index (χ3v) is 3.74. The minimum atomic E-state index is 0.550. The Bertz CT molecular complexity index is 580. The molecule has 0 saturated carbocycles. The quantitative estimate of drug-likeness (QED) is 0.758. The molecule has 2 nitrogen and oxygen atoms in total. The molecule has 0 atom stereocenters. The number of benzene rings is 1. The van der Waals surface area contributed by atoms with E-state index < -0.39 is 0 Å². The molecule has 17 heavy (non-hydrogen) atoms. The molecule has 1 aliphatic carbocycles. The normalized spacial score (nSPS) is 14.0. The predicted octanol–water partition coefficient (Wildman–Crippen LogP) is 3.47. The van der Waals surface area contributed by atoms with Crippen LogP contribution in [-0.2, 0) is 18.7 Å². The van der Waals surface area contributed by atoms with Crippen LogP contribution < -0.4 is 4.74 Å². The first-order chi connectivity index (χ1) is 8.33. The van der Waals surface area contributed by atoms with Gasteiger partial charge in [-0.1, -0.05) is 0 Å². The van der Waals surface area contributed by atoms with E-state index in [2.05, 4.69) is 0 Å². The van der Waals surface area contributed by atoms with Crippen molar-refractivity contribution in [3.8, 4) is 5.75 Å². The van der Waals surface area contributed by atoms with Gasteiger partial charge in [-0.3, -0.25) is 4.98 Å². The average Bonchev–Trinajstić information content (AvgIpc) is 2.82. The summed E-state index contributed by atoms with van der Waals surface area (Å²) in [4.78, 5) is 4.73. The van der Waals surface area contributed by atoms with Gasteiger partial charge in [0.15, 0.2) is 0 Å². The van der Waals surface area contributed by atoms with Crippen LogP contribution in [0.2, 0.25) is 0 Å². The zero-order valence-electron chi connectivity index (χ0n) is 9.79. The Kier molecular flexibility index (Phi) is 2.67. The van der Waals surface area contributed by atoms with Crippen molar-refractivity contribution < 1.29 is 4.74 Å². The lowest BCUT2D eigenvalue weighted by Gasteiger charge is -2.11. The van der Waals surface area contributed by atoms with Crippen LogP contribution in [-0.4, -0.2) is 12.1 Å². The van der Waals surface area contributed by atoms with E-state index in [1.807, 2.05) is 18.2 Å². The molecule has 0 saturated heterocycles. The highest BCUT2D eigenvalue weighted by atomic mass is 35.5. The summed E-state index contributed by atoms with van der Waals surface area (Å²) < 4.78 is 5.27. The van der Waals surface area contributed by atoms with Crippen molar-refractivity contribution in [1.82, 2.24) is 4.98 Å². The Labute approximate surface area is 106 Å². The summed E-state index contributed by atoms with van der Waals surface area (Å²) in [7, 11) is 1.68. The van der Waals surface area contributed by atoms with Crippen LogP contribution in [0.3, 0.4) is 0 Å². The lowest BCUT2D eigenvalue weighted by Crippen LogP contribution is -1.97. The van der Waals surface area contributed by atoms with E-state index in [4.69, 9.17) is 21.3 Å². The first-order valence-electron chi connectivity index (χ1n) is 5.88. The molecule has 1 aliphatic rings. The molecule has 3 heteroatoms. The fourth-order valence-electron chi connectivity index (χ4n) is 2.62. The highest BCUT2D eigenvalue weighted by molar-refractivity contribution is 6.18. The van der Waals surface area contributed by atoms with Gasteiger partial charge in [0.05, 0.1) is 12.6 Å². The minimum Gasteiger partial charge on any atom is -0.497 e. The second-order valence-electron chi connectivity index (χ2n) is 4.39. The molecular weight excluding hydrogens is 234 g/mol. The Hall–Kier alpha value is -1.28. The van der Waals surface area contributed by atoms with Crippen molar-refractivity contribution in [3.05, 3.63) is 35.0 Å². The lowest BCUT2D eigenvalue weighted by molar-refractivity contribution is 0.415. The lowest BCUT2D eigenvalue weighted by atomic mass is 10.0. The molecule has 0 bridgehead atoms. The molecule has 0 spiro atoms. The van der Waals surface area contributed by atoms with E-state index in [1.165, 1.54) is 23.2 Å². The van der Waals surface area contributed by atoms with Gasteiger partial charge in [0.25, 0.3) is 0 Å². The van der Waals surface area contributed by atoms with Gasteiger partial charge in [-0.15, -0.1) is 11.6 Å². The minimum absolute atomic E-state index is 0.550. The van der Waals surface area contributed by atoms with E-state index >= 15 is 0 Å². The van der Waals surface area contributed by atoms with Crippen LogP contribution in [0.4, 0.5) is 0 Å². The molecule has 1 aromatic carbocycles. The van der Waals surface area contributed by atoms with E-state index in [1.54, 1.807) is 7.11 Å². The molecule has 1 heterocycles. The van der Waals surface area contributed by atoms with Crippen molar-refractivity contribution in [2.45, 2.75) is 25.1 Å². The summed E-state index contributed by atoms with van der Waals surface area (Å²) in [6.07, 6.45) is 3.39. The number of hydrogen-bond donors (Lipinski definition) is 0. The van der Waals surface area contributed by atoms with Gasteiger partial charge in [-0.25, -0.2) is 0 Å². The first kappa shape index (κ1) is 10.8. The predicted molar refractivity (Wildman–Crippen MR) is 69.9 cm³/mol. The molecule has 2 aromatic rings. The largest absolute Gasteiger partial charge is 0.497 e. The number of fused-ring (bicyclic) bond motifs is 2. The number of halogens is 1. The molecular formula is C14H14ClNO. The molecule has 0 unspecified atom stereocenters. The SMILES string of the molecule is COc1ccc2nc3c(c(CCl)c2c1)CCC3. The summed E-state index contributed by atoms with van der Waals surface area (Å²) in [5.41, 5.74) is 4.87. The number of aryl methyl sites for hydroxylation is 1. The molecule has 0 fully saturated rings. The second-order valence-corrected chi connectivity index (χ2v) is 4.65. The van der Waals surface area contributed by atoms with Crippen LogP contribution in [0.15, 0.2) is 18.2 Å². The Morgan fingerprint density at radius 3 is 3.00 bits per heavy atom. The summed E-state index contributed by atoms with van der Waals surface area (Å²) in [6, 6.07) is 6.01. The maximum absolute atomic E-state index is 6.12. The van der Waals surface area contributed by atoms with Gasteiger partial charge in [0.1, 0.15) is 5.75 Å². The Morgan fingerprint density at radius 2 is 2.24 bits per heavy atom. The first-order valence-corrected chi connectivity index (χ1v) is 6.41. The number of aromatic nitrogens is 1. The topological polar surface area (TPSA) is 22.1 Å². The Balaban J connectivity index is 2.33. The number of nitrogens with zero attached hydrogens (tertiary/aromatic N) is 1. The fraction of sp³-hybridized carbons (Fsp3) is 0.357. The highest BCUT2D eigenvalue weighted by Gasteiger charge is 2.19. The number of alkyl halides is 1. The molecule has 0 amide bonds. The zero-order chi connectivity index (χ0) is 11.8. The van der Waals surface area contributed by atoms with Gasteiger partial charge in [0.2, 0.25) is 0 Å². The van der Waals surface area contributed by atoms with Gasteiger partial charge in [0, 0.05) is 17.0 Å². The van der Waals surface area contributed by atoms with Crippen molar-refractivity contribution in [3.63, 3.8) is 0 Å². The smallest absolute Gasteiger partial charge is 0.119 e.